The third kappa shape index (κ3) is 4.35. The summed E-state index contributed by atoms with van der Waals surface area (Å²) in [5.41, 5.74) is 7.09. The molecule has 0 fully saturated rings. The van der Waals surface area contributed by atoms with Gasteiger partial charge in [-0.25, -0.2) is 0 Å². The number of rotatable bonds is 5. The van der Waals surface area contributed by atoms with Gasteiger partial charge in [0.05, 0.1) is 22.5 Å². The van der Waals surface area contributed by atoms with E-state index in [1.165, 1.54) is 0 Å². The molecule has 8 rings (SSSR count). The largest absolute Gasteiger partial charge is 0.355 e. The van der Waals surface area contributed by atoms with Crippen LogP contribution < -0.4 is 10.6 Å². The Bertz CT molecular complexity index is 2150. The number of benzene rings is 6. The summed E-state index contributed by atoms with van der Waals surface area (Å²) >= 11 is 0. The molecule has 0 amide bonds. The molecule has 6 nitrogen and oxygen atoms in total. The summed E-state index contributed by atoms with van der Waals surface area (Å²) in [7, 11) is 0. The van der Waals surface area contributed by atoms with Crippen LogP contribution >= 0.6 is 0 Å². The molecule has 0 unspecified atom stereocenters. The Kier molecular flexibility index (Phi) is 6.29. The van der Waals surface area contributed by atoms with E-state index >= 15 is 0 Å². The van der Waals surface area contributed by atoms with Crippen LogP contribution in [-0.2, 0) is 0 Å². The van der Waals surface area contributed by atoms with Gasteiger partial charge < -0.3 is 10.6 Å². The number of carbonyl (C=O) groups is 4. The molecule has 0 heterocycles. The first-order chi connectivity index (χ1) is 22.5. The maximum absolute atomic E-state index is 13.7. The Morgan fingerprint density at radius 2 is 0.717 bits per heavy atom. The van der Waals surface area contributed by atoms with Crippen LogP contribution in [0.15, 0.2) is 133 Å². The lowest BCUT2D eigenvalue weighted by Crippen LogP contribution is -2.22. The highest BCUT2D eigenvalue weighted by Crippen LogP contribution is 2.38. The number of nitrogens with one attached hydrogen (secondary N) is 2. The molecule has 0 bridgehead atoms. The van der Waals surface area contributed by atoms with Crippen molar-refractivity contribution in [3.05, 3.63) is 178 Å². The number of ketones is 4. The number of fused-ring (bicyclic) bond motifs is 4. The van der Waals surface area contributed by atoms with E-state index < -0.39 is 0 Å². The molecule has 6 aromatic carbocycles. The van der Waals surface area contributed by atoms with Crippen molar-refractivity contribution in [3.63, 3.8) is 0 Å². The van der Waals surface area contributed by atoms with Gasteiger partial charge in [-0.15, -0.1) is 0 Å². The summed E-state index contributed by atoms with van der Waals surface area (Å²) in [4.78, 5) is 54.1. The molecule has 6 heteroatoms. The first kappa shape index (κ1) is 27.2. The maximum atomic E-state index is 13.7. The first-order valence-electron chi connectivity index (χ1n) is 14.9. The molecule has 2 aliphatic rings. The van der Waals surface area contributed by atoms with Gasteiger partial charge in [-0.2, -0.15) is 0 Å². The van der Waals surface area contributed by atoms with E-state index in [9.17, 15) is 19.2 Å². The molecule has 0 saturated carbocycles. The lowest BCUT2D eigenvalue weighted by molar-refractivity contribution is 0.0979. The highest BCUT2D eigenvalue weighted by atomic mass is 16.1. The van der Waals surface area contributed by atoms with Crippen molar-refractivity contribution in [2.45, 2.75) is 0 Å². The quantitative estimate of drug-likeness (QED) is 0.207. The van der Waals surface area contributed by atoms with Gasteiger partial charge in [-0.3, -0.25) is 19.2 Å². The minimum Gasteiger partial charge on any atom is -0.355 e. The third-order valence-electron chi connectivity index (χ3n) is 8.50. The van der Waals surface area contributed by atoms with Gasteiger partial charge in [0.1, 0.15) is 0 Å². The van der Waals surface area contributed by atoms with Crippen LogP contribution in [0.25, 0.3) is 11.1 Å². The Hall–Kier alpha value is -6.40. The molecule has 46 heavy (non-hydrogen) atoms. The minimum absolute atomic E-state index is 0.191. The molecular weight excluding hydrogens is 572 g/mol. The van der Waals surface area contributed by atoms with Crippen LogP contribution in [0.3, 0.4) is 0 Å². The highest BCUT2D eigenvalue weighted by molar-refractivity contribution is 6.31. The fourth-order valence-electron chi connectivity index (χ4n) is 6.38. The van der Waals surface area contributed by atoms with E-state index in [1.807, 2.05) is 48.5 Å². The van der Waals surface area contributed by atoms with Crippen molar-refractivity contribution in [2.24, 2.45) is 0 Å². The average molecular weight is 597 g/mol. The van der Waals surface area contributed by atoms with E-state index in [-0.39, 0.29) is 23.1 Å². The molecule has 0 spiro atoms. The molecule has 0 aliphatic heterocycles. The van der Waals surface area contributed by atoms with Crippen LogP contribution in [0.2, 0.25) is 0 Å². The van der Waals surface area contributed by atoms with Gasteiger partial charge in [0.15, 0.2) is 23.1 Å². The fourth-order valence-corrected chi connectivity index (χ4v) is 6.38. The molecule has 0 radical (unpaired) electrons. The summed E-state index contributed by atoms with van der Waals surface area (Å²) in [5.74, 6) is -0.816. The van der Waals surface area contributed by atoms with Gasteiger partial charge in [-0.1, -0.05) is 103 Å². The monoisotopic (exact) mass is 596 g/mol. The number of anilines is 4. The van der Waals surface area contributed by atoms with Crippen molar-refractivity contribution in [1.82, 2.24) is 0 Å². The van der Waals surface area contributed by atoms with Crippen molar-refractivity contribution >= 4 is 45.9 Å². The SMILES string of the molecule is O=C1c2ccccc2C(=O)c2c(Nc3cc(Nc4cccc5c4C(=O)c4ccccc4C5=O)cc(-c4ccccc4)c3)cccc21. The lowest BCUT2D eigenvalue weighted by atomic mass is 9.83. The van der Waals surface area contributed by atoms with E-state index in [2.05, 4.69) is 10.6 Å². The Balaban J connectivity index is 1.22. The molecule has 0 aromatic heterocycles. The van der Waals surface area contributed by atoms with Gasteiger partial charge in [-0.05, 0) is 41.5 Å². The van der Waals surface area contributed by atoms with Crippen molar-refractivity contribution in [3.8, 4) is 11.1 Å². The minimum atomic E-state index is -0.217. The van der Waals surface area contributed by atoms with Gasteiger partial charge >= 0.3 is 0 Å². The summed E-state index contributed by atoms with van der Waals surface area (Å²) in [5, 5.41) is 6.81. The van der Waals surface area contributed by atoms with Crippen molar-refractivity contribution < 1.29 is 19.2 Å². The zero-order valence-electron chi connectivity index (χ0n) is 24.3. The second-order valence-corrected chi connectivity index (χ2v) is 11.3. The van der Waals surface area contributed by atoms with Crippen LogP contribution in [0, 0.1) is 0 Å². The van der Waals surface area contributed by atoms with Gasteiger partial charge in [0.2, 0.25) is 0 Å². The van der Waals surface area contributed by atoms with Crippen LogP contribution in [-0.4, -0.2) is 23.1 Å². The van der Waals surface area contributed by atoms with Crippen molar-refractivity contribution in [1.29, 1.82) is 0 Å². The number of hydrogen-bond acceptors (Lipinski definition) is 6. The molecular formula is C40H24N2O4. The zero-order chi connectivity index (χ0) is 31.4. The topological polar surface area (TPSA) is 92.3 Å². The van der Waals surface area contributed by atoms with E-state index in [1.54, 1.807) is 84.9 Å². The molecule has 218 valence electrons. The third-order valence-corrected chi connectivity index (χ3v) is 8.50. The molecule has 2 aliphatic carbocycles. The lowest BCUT2D eigenvalue weighted by Gasteiger charge is -2.22. The zero-order valence-corrected chi connectivity index (χ0v) is 24.3. The average Bonchev–Trinajstić information content (AvgIpc) is 3.10. The number of hydrogen-bond donors (Lipinski definition) is 2. The normalized spacial score (nSPS) is 13.0. The van der Waals surface area contributed by atoms with Crippen LogP contribution in [0.5, 0.6) is 0 Å². The number of carbonyl (C=O) groups excluding carboxylic acids is 4. The van der Waals surface area contributed by atoms with E-state index in [0.717, 1.165) is 11.1 Å². The van der Waals surface area contributed by atoms with E-state index in [4.69, 9.17) is 0 Å². The highest BCUT2D eigenvalue weighted by Gasteiger charge is 2.33. The molecule has 0 saturated heterocycles. The second-order valence-electron chi connectivity index (χ2n) is 11.3. The Morgan fingerprint density at radius 3 is 1.17 bits per heavy atom. The van der Waals surface area contributed by atoms with Gasteiger partial charge in [0, 0.05) is 44.8 Å². The summed E-state index contributed by atoms with van der Waals surface area (Å²) in [6, 6.07) is 39.8. The summed E-state index contributed by atoms with van der Waals surface area (Å²) in [6.07, 6.45) is 0. The van der Waals surface area contributed by atoms with Gasteiger partial charge in [0.25, 0.3) is 0 Å². The Morgan fingerprint density at radius 1 is 0.326 bits per heavy atom. The fraction of sp³-hybridized carbons (Fsp3) is 0. The second kappa shape index (κ2) is 10.6. The summed E-state index contributed by atoms with van der Waals surface area (Å²) < 4.78 is 0. The van der Waals surface area contributed by atoms with Crippen LogP contribution in [0.4, 0.5) is 22.7 Å². The molecule has 2 N–H and O–H groups in total. The standard InChI is InChI=1S/C40H24N2O4/c43-37-27-12-4-6-14-29(27)39(45)35-31(37)16-8-18-33(35)41-25-20-24(23-10-2-1-3-11-23)21-26(22-25)42-34-19-9-17-32-36(34)40(46)30-15-7-5-13-28(30)38(32)44/h1-22,41-42H. The van der Waals surface area contributed by atoms with Crippen molar-refractivity contribution in [2.75, 3.05) is 10.6 Å². The van der Waals surface area contributed by atoms with E-state index in [0.29, 0.717) is 67.3 Å². The molecule has 0 atom stereocenters. The predicted octanol–water partition coefficient (Wildman–Crippen LogP) is 8.39. The van der Waals surface area contributed by atoms with Crippen LogP contribution in [0.1, 0.15) is 63.7 Å². The molecule has 6 aromatic rings. The Labute approximate surface area is 264 Å². The first-order valence-corrected chi connectivity index (χ1v) is 14.9. The predicted molar refractivity (Wildman–Crippen MR) is 178 cm³/mol. The summed E-state index contributed by atoms with van der Waals surface area (Å²) in [6.45, 7) is 0. The maximum Gasteiger partial charge on any atom is 0.196 e. The smallest absolute Gasteiger partial charge is 0.196 e.